The molecular formula is C13H23I2NO2. The highest BCUT2D eigenvalue weighted by molar-refractivity contribution is 14.1. The van der Waals surface area contributed by atoms with Crippen LogP contribution in [0.2, 0.25) is 0 Å². The molecule has 1 heterocycles. The van der Waals surface area contributed by atoms with E-state index < -0.39 is 0 Å². The monoisotopic (exact) mass is 479 g/mol. The fraction of sp³-hybridized carbons (Fsp3) is 0.923. The van der Waals surface area contributed by atoms with E-state index in [9.17, 15) is 4.79 Å². The lowest BCUT2D eigenvalue weighted by Gasteiger charge is -2.28. The molecule has 1 aliphatic heterocycles. The van der Waals surface area contributed by atoms with Gasteiger partial charge in [-0.3, -0.25) is 4.79 Å². The first kappa shape index (κ1) is 16.9. The fourth-order valence-electron chi connectivity index (χ4n) is 2.41. The molecule has 0 N–H and O–H groups in total. The van der Waals surface area contributed by atoms with Crippen molar-refractivity contribution in [3.05, 3.63) is 0 Å². The summed E-state index contributed by atoms with van der Waals surface area (Å²) in [6.45, 7) is 5.98. The van der Waals surface area contributed by atoms with Gasteiger partial charge in [0.25, 0.3) is 0 Å². The highest BCUT2D eigenvalue weighted by atomic mass is 127. The second kappa shape index (κ2) is 8.24. The van der Waals surface area contributed by atoms with Gasteiger partial charge in [-0.25, -0.2) is 0 Å². The molecule has 4 atom stereocenters. The summed E-state index contributed by atoms with van der Waals surface area (Å²) in [4.78, 5) is 14.7. The van der Waals surface area contributed by atoms with Crippen molar-refractivity contribution in [2.24, 2.45) is 17.8 Å². The Kier molecular flexibility index (Phi) is 7.75. The van der Waals surface area contributed by atoms with E-state index in [2.05, 4.69) is 63.9 Å². The van der Waals surface area contributed by atoms with Crippen LogP contribution in [0.1, 0.15) is 26.7 Å². The molecule has 106 valence electrons. The van der Waals surface area contributed by atoms with Gasteiger partial charge in [0.15, 0.2) is 0 Å². The van der Waals surface area contributed by atoms with Crippen LogP contribution in [0.25, 0.3) is 0 Å². The predicted molar refractivity (Wildman–Crippen MR) is 91.3 cm³/mol. The first-order valence-electron chi connectivity index (χ1n) is 6.54. The summed E-state index contributed by atoms with van der Waals surface area (Å²) in [7, 11) is 1.74. The first-order valence-corrected chi connectivity index (χ1v) is 9.31. The van der Waals surface area contributed by atoms with Gasteiger partial charge in [0, 0.05) is 29.9 Å². The van der Waals surface area contributed by atoms with Gasteiger partial charge in [0.05, 0.1) is 10.7 Å². The van der Waals surface area contributed by atoms with Crippen LogP contribution in [-0.2, 0) is 9.53 Å². The molecule has 0 radical (unpaired) electrons. The number of nitrogens with zero attached hydrogens (tertiary/aromatic N) is 1. The average molecular weight is 479 g/mol. The Morgan fingerprint density at radius 1 is 1.56 bits per heavy atom. The minimum absolute atomic E-state index is 0.175. The van der Waals surface area contributed by atoms with E-state index >= 15 is 0 Å². The van der Waals surface area contributed by atoms with Gasteiger partial charge in [-0.2, -0.15) is 0 Å². The van der Waals surface area contributed by atoms with Crippen LogP contribution in [0.5, 0.6) is 0 Å². The second-order valence-corrected chi connectivity index (χ2v) is 7.45. The van der Waals surface area contributed by atoms with E-state index in [0.717, 1.165) is 30.4 Å². The van der Waals surface area contributed by atoms with Crippen molar-refractivity contribution in [2.45, 2.75) is 30.7 Å². The Morgan fingerprint density at radius 2 is 2.22 bits per heavy atom. The Hall–Kier alpha value is 0.890. The van der Waals surface area contributed by atoms with Crippen LogP contribution in [0.3, 0.4) is 0 Å². The predicted octanol–water partition coefficient (Wildman–Crippen LogP) is 3.34. The maximum atomic E-state index is 12.6. The third-order valence-electron chi connectivity index (χ3n) is 3.82. The summed E-state index contributed by atoms with van der Waals surface area (Å²) in [5, 5.41) is 0. The lowest BCUT2D eigenvalue weighted by Crippen LogP contribution is -2.40. The van der Waals surface area contributed by atoms with Gasteiger partial charge < -0.3 is 9.64 Å². The van der Waals surface area contributed by atoms with E-state index in [0.29, 0.717) is 21.8 Å². The zero-order valence-electron chi connectivity index (χ0n) is 11.4. The smallest absolute Gasteiger partial charge is 0.227 e. The van der Waals surface area contributed by atoms with Gasteiger partial charge in [0.2, 0.25) is 5.91 Å². The molecule has 0 spiro atoms. The standard InChI is InChI=1S/C13H23I2NO2/c1-4-9(2)11(6-14)13(17)16-7-10(8-18-3)5-12(16)15/h9-12H,4-8H2,1-3H3/t9?,10?,11?,12-/m0/s1. The molecule has 0 aromatic rings. The topological polar surface area (TPSA) is 29.5 Å². The molecule has 1 aliphatic rings. The van der Waals surface area contributed by atoms with E-state index in [1.54, 1.807) is 7.11 Å². The van der Waals surface area contributed by atoms with Crippen molar-refractivity contribution in [2.75, 3.05) is 24.7 Å². The molecule has 1 fully saturated rings. The van der Waals surface area contributed by atoms with Crippen LogP contribution >= 0.6 is 45.2 Å². The summed E-state index contributed by atoms with van der Waals surface area (Å²) >= 11 is 4.74. The van der Waals surface area contributed by atoms with Crippen molar-refractivity contribution in [3.63, 3.8) is 0 Å². The number of hydrogen-bond acceptors (Lipinski definition) is 2. The molecule has 1 rings (SSSR count). The summed E-state index contributed by atoms with van der Waals surface area (Å²) in [6, 6.07) is 0. The van der Waals surface area contributed by atoms with Gasteiger partial charge in [0.1, 0.15) is 0 Å². The molecule has 18 heavy (non-hydrogen) atoms. The Labute approximate surface area is 138 Å². The van der Waals surface area contributed by atoms with E-state index in [-0.39, 0.29) is 5.92 Å². The largest absolute Gasteiger partial charge is 0.384 e. The summed E-state index contributed by atoms with van der Waals surface area (Å²) < 4.78 is 6.47. The molecule has 1 amide bonds. The lowest BCUT2D eigenvalue weighted by atomic mass is 9.92. The van der Waals surface area contributed by atoms with Crippen molar-refractivity contribution in [3.8, 4) is 0 Å². The Bertz CT molecular complexity index is 276. The second-order valence-electron chi connectivity index (χ2n) is 5.13. The first-order chi connectivity index (χ1) is 8.54. The third-order valence-corrected chi connectivity index (χ3v) is 5.95. The number of carbonyl (C=O) groups excluding carboxylic acids is 1. The summed E-state index contributed by atoms with van der Waals surface area (Å²) in [5.41, 5.74) is 0. The minimum Gasteiger partial charge on any atom is -0.384 e. The number of ether oxygens (including phenoxy) is 1. The number of likely N-dealkylation sites (tertiary alicyclic amines) is 1. The highest BCUT2D eigenvalue weighted by Gasteiger charge is 2.37. The van der Waals surface area contributed by atoms with Crippen LogP contribution < -0.4 is 0 Å². The van der Waals surface area contributed by atoms with Crippen LogP contribution in [0, 0.1) is 17.8 Å². The maximum Gasteiger partial charge on any atom is 0.227 e. The van der Waals surface area contributed by atoms with Gasteiger partial charge in [-0.05, 0) is 12.3 Å². The molecule has 0 aromatic carbocycles. The number of halogens is 2. The Balaban J connectivity index is 2.65. The van der Waals surface area contributed by atoms with Gasteiger partial charge in [-0.15, -0.1) is 0 Å². The van der Waals surface area contributed by atoms with Crippen LogP contribution in [0.15, 0.2) is 0 Å². The minimum atomic E-state index is 0.175. The molecule has 0 bridgehead atoms. The number of amides is 1. The third kappa shape index (κ3) is 4.19. The lowest BCUT2D eigenvalue weighted by molar-refractivity contribution is -0.135. The average Bonchev–Trinajstić information content (AvgIpc) is 2.71. The highest BCUT2D eigenvalue weighted by Crippen LogP contribution is 2.31. The molecule has 3 nitrogen and oxygen atoms in total. The van der Waals surface area contributed by atoms with Crippen LogP contribution in [0.4, 0.5) is 0 Å². The fourth-order valence-corrected chi connectivity index (χ4v) is 4.88. The van der Waals surface area contributed by atoms with Crippen molar-refractivity contribution < 1.29 is 9.53 Å². The molecule has 1 saturated heterocycles. The van der Waals surface area contributed by atoms with Crippen LogP contribution in [-0.4, -0.2) is 39.5 Å². The SMILES string of the molecule is CCC(C)C(CI)C(=O)N1CC(COC)C[C@H]1I. The Morgan fingerprint density at radius 3 is 2.72 bits per heavy atom. The van der Waals surface area contributed by atoms with Gasteiger partial charge in [-0.1, -0.05) is 65.5 Å². The molecule has 0 aliphatic carbocycles. The number of rotatable bonds is 6. The van der Waals surface area contributed by atoms with Crippen molar-refractivity contribution in [1.82, 2.24) is 4.90 Å². The van der Waals surface area contributed by atoms with E-state index in [4.69, 9.17) is 4.74 Å². The molecule has 5 heteroatoms. The summed E-state index contributed by atoms with van der Waals surface area (Å²) in [6.07, 6.45) is 2.13. The molecule has 0 saturated carbocycles. The maximum absolute atomic E-state index is 12.6. The number of methoxy groups -OCH3 is 1. The molecule has 3 unspecified atom stereocenters. The van der Waals surface area contributed by atoms with E-state index in [1.165, 1.54) is 0 Å². The number of hydrogen-bond donors (Lipinski definition) is 0. The van der Waals surface area contributed by atoms with Crippen molar-refractivity contribution >= 4 is 51.1 Å². The zero-order valence-corrected chi connectivity index (χ0v) is 15.7. The normalized spacial score (nSPS) is 27.3. The van der Waals surface area contributed by atoms with Crippen molar-refractivity contribution in [1.29, 1.82) is 0 Å². The number of alkyl halides is 2. The van der Waals surface area contributed by atoms with Gasteiger partial charge >= 0.3 is 0 Å². The quantitative estimate of drug-likeness (QED) is 0.333. The zero-order chi connectivity index (χ0) is 13.7. The molecule has 0 aromatic heterocycles. The molecular weight excluding hydrogens is 456 g/mol. The number of carbonyl (C=O) groups is 1. The van der Waals surface area contributed by atoms with E-state index in [1.807, 2.05) is 0 Å². The summed E-state index contributed by atoms with van der Waals surface area (Å²) in [5.74, 6) is 1.50.